The van der Waals surface area contributed by atoms with Gasteiger partial charge in [0.05, 0.1) is 19.3 Å². The summed E-state index contributed by atoms with van der Waals surface area (Å²) in [5.74, 6) is -3.42. The molecule has 0 aliphatic rings. The number of carboxylic acids is 1. The molecule has 0 bridgehead atoms. The van der Waals surface area contributed by atoms with Gasteiger partial charge < -0.3 is 48.5 Å². The van der Waals surface area contributed by atoms with E-state index in [-0.39, 0.29) is 25.3 Å². The van der Waals surface area contributed by atoms with Crippen molar-refractivity contribution in [1.82, 2.24) is 16.0 Å². The number of guanidine groups is 1. The first kappa shape index (κ1) is 29.4. The molecule has 0 aromatic rings. The number of thioether (sulfide) groups is 1. The quantitative estimate of drug-likeness (QED) is 0.0580. The molecule has 12 N–H and O–H groups in total. The van der Waals surface area contributed by atoms with Gasteiger partial charge in [0.2, 0.25) is 17.7 Å². The van der Waals surface area contributed by atoms with E-state index in [0.29, 0.717) is 12.2 Å². The first-order chi connectivity index (χ1) is 15.1. The minimum absolute atomic E-state index is 0.00541. The predicted octanol–water partition coefficient (Wildman–Crippen LogP) is -4.36. The SMILES string of the molecule is CSCCC(N)C(=O)NC(CO)C(=O)NC(CCCN=C(N)N)C(=O)NC(CO)C(=O)O. The van der Waals surface area contributed by atoms with Crippen molar-refractivity contribution in [2.45, 2.75) is 43.4 Å². The lowest BCUT2D eigenvalue weighted by Gasteiger charge is -2.24. The molecule has 3 amide bonds. The van der Waals surface area contributed by atoms with Gasteiger partial charge in [-0.1, -0.05) is 0 Å². The van der Waals surface area contributed by atoms with E-state index in [1.54, 1.807) is 0 Å². The van der Waals surface area contributed by atoms with E-state index in [1.807, 2.05) is 6.26 Å². The third-order valence-electron chi connectivity index (χ3n) is 4.16. The van der Waals surface area contributed by atoms with Crippen LogP contribution in [0.15, 0.2) is 4.99 Å². The van der Waals surface area contributed by atoms with Crippen LogP contribution in [0.1, 0.15) is 19.3 Å². The summed E-state index contributed by atoms with van der Waals surface area (Å²) in [6, 6.07) is -5.10. The zero-order valence-corrected chi connectivity index (χ0v) is 18.6. The van der Waals surface area contributed by atoms with Crippen LogP contribution in [0.3, 0.4) is 0 Å². The number of nitrogens with zero attached hydrogens (tertiary/aromatic N) is 1. The number of nitrogens with two attached hydrogens (primary N) is 3. The summed E-state index contributed by atoms with van der Waals surface area (Å²) in [5, 5.41) is 34.4. The van der Waals surface area contributed by atoms with E-state index in [4.69, 9.17) is 27.4 Å². The van der Waals surface area contributed by atoms with Gasteiger partial charge in [0.15, 0.2) is 5.96 Å². The fourth-order valence-corrected chi connectivity index (χ4v) is 2.84. The summed E-state index contributed by atoms with van der Waals surface area (Å²) in [4.78, 5) is 52.0. The lowest BCUT2D eigenvalue weighted by molar-refractivity contribution is -0.143. The molecule has 4 atom stereocenters. The summed E-state index contributed by atoms with van der Waals surface area (Å²) in [6.07, 6.45) is 2.45. The number of amides is 3. The number of hydrogen-bond acceptors (Lipinski definition) is 9. The second kappa shape index (κ2) is 16.1. The molecule has 14 nitrogen and oxygen atoms in total. The summed E-state index contributed by atoms with van der Waals surface area (Å²) >= 11 is 1.49. The van der Waals surface area contributed by atoms with Crippen molar-refractivity contribution >= 4 is 41.4 Å². The number of carbonyl (C=O) groups excluding carboxylic acids is 3. The predicted molar refractivity (Wildman–Crippen MR) is 118 cm³/mol. The van der Waals surface area contributed by atoms with Crippen LogP contribution in [0, 0.1) is 0 Å². The van der Waals surface area contributed by atoms with Crippen LogP contribution < -0.4 is 33.2 Å². The summed E-state index contributed by atoms with van der Waals surface area (Å²) in [7, 11) is 0. The Morgan fingerprint density at radius 2 is 1.44 bits per heavy atom. The van der Waals surface area contributed by atoms with Gasteiger partial charge in [-0.05, 0) is 31.3 Å². The van der Waals surface area contributed by atoms with Crippen molar-refractivity contribution in [3.8, 4) is 0 Å². The molecule has 0 radical (unpaired) electrons. The van der Waals surface area contributed by atoms with Gasteiger partial charge >= 0.3 is 5.97 Å². The van der Waals surface area contributed by atoms with Gasteiger partial charge in [0.25, 0.3) is 0 Å². The normalized spacial score (nSPS) is 14.4. The van der Waals surface area contributed by atoms with E-state index in [0.717, 1.165) is 0 Å². The van der Waals surface area contributed by atoms with E-state index in [9.17, 15) is 24.3 Å². The number of nitrogens with one attached hydrogen (secondary N) is 3. The molecule has 0 aliphatic heterocycles. The summed E-state index contributed by atoms with van der Waals surface area (Å²) in [6.45, 7) is -1.49. The van der Waals surface area contributed by atoms with Crippen LogP contribution >= 0.6 is 11.8 Å². The van der Waals surface area contributed by atoms with Crippen molar-refractivity contribution in [3.05, 3.63) is 0 Å². The number of carbonyl (C=O) groups is 4. The summed E-state index contributed by atoms with van der Waals surface area (Å²) in [5.41, 5.74) is 16.2. The molecule has 0 spiro atoms. The first-order valence-electron chi connectivity index (χ1n) is 9.72. The van der Waals surface area contributed by atoms with Gasteiger partial charge in [-0.15, -0.1) is 0 Å². The number of aliphatic carboxylic acids is 1. The molecule has 0 rings (SSSR count). The molecule has 0 aliphatic carbocycles. The van der Waals surface area contributed by atoms with Crippen LogP contribution in [0.25, 0.3) is 0 Å². The number of carboxylic acid groups (broad SMARTS) is 1. The number of aliphatic imine (C=N–C) groups is 1. The maximum atomic E-state index is 12.5. The topological polar surface area (TPSA) is 255 Å². The Hall–Kier alpha value is -2.62. The molecule has 0 aromatic carbocycles. The van der Waals surface area contributed by atoms with Crippen molar-refractivity contribution in [2.75, 3.05) is 31.8 Å². The second-order valence-electron chi connectivity index (χ2n) is 6.72. The largest absolute Gasteiger partial charge is 0.480 e. The molecule has 0 heterocycles. The Morgan fingerprint density at radius 3 is 1.94 bits per heavy atom. The van der Waals surface area contributed by atoms with Gasteiger partial charge in [0.1, 0.15) is 18.1 Å². The van der Waals surface area contributed by atoms with Crippen molar-refractivity contribution in [2.24, 2.45) is 22.2 Å². The highest BCUT2D eigenvalue weighted by Crippen LogP contribution is 2.02. The molecule has 32 heavy (non-hydrogen) atoms. The third-order valence-corrected chi connectivity index (χ3v) is 4.80. The second-order valence-corrected chi connectivity index (χ2v) is 7.71. The molecular formula is C17H33N7O7S. The van der Waals surface area contributed by atoms with E-state index >= 15 is 0 Å². The smallest absolute Gasteiger partial charge is 0.328 e. The van der Waals surface area contributed by atoms with Gasteiger partial charge in [0, 0.05) is 6.54 Å². The number of rotatable bonds is 16. The Morgan fingerprint density at radius 1 is 0.906 bits per heavy atom. The van der Waals surface area contributed by atoms with E-state index in [2.05, 4.69) is 20.9 Å². The molecule has 184 valence electrons. The Kier molecular flexibility index (Phi) is 14.8. The number of aliphatic hydroxyl groups is 2. The molecule has 15 heteroatoms. The fraction of sp³-hybridized carbons (Fsp3) is 0.706. The minimum atomic E-state index is -1.58. The average Bonchev–Trinajstić information content (AvgIpc) is 2.74. The van der Waals surface area contributed by atoms with Crippen LogP contribution in [0.2, 0.25) is 0 Å². The highest BCUT2D eigenvalue weighted by Gasteiger charge is 2.29. The fourth-order valence-electron chi connectivity index (χ4n) is 2.35. The maximum Gasteiger partial charge on any atom is 0.328 e. The van der Waals surface area contributed by atoms with Crippen LogP contribution in [-0.2, 0) is 19.2 Å². The zero-order chi connectivity index (χ0) is 24.7. The number of aliphatic hydroxyl groups excluding tert-OH is 2. The van der Waals surface area contributed by atoms with Crippen LogP contribution in [0.5, 0.6) is 0 Å². The van der Waals surface area contributed by atoms with Gasteiger partial charge in [-0.3, -0.25) is 19.4 Å². The highest BCUT2D eigenvalue weighted by molar-refractivity contribution is 7.98. The van der Waals surface area contributed by atoms with E-state index in [1.165, 1.54) is 11.8 Å². The van der Waals surface area contributed by atoms with Gasteiger partial charge in [-0.25, -0.2) is 4.79 Å². The first-order valence-corrected chi connectivity index (χ1v) is 11.1. The molecule has 0 fully saturated rings. The van der Waals surface area contributed by atoms with Crippen molar-refractivity contribution in [3.63, 3.8) is 0 Å². The van der Waals surface area contributed by atoms with Crippen LogP contribution in [-0.4, -0.2) is 101 Å². The third kappa shape index (κ3) is 11.7. The Balaban J connectivity index is 5.23. The standard InChI is InChI=1S/C17H33N7O7S/c1-32-6-4-9(18)13(27)23-11(7-25)15(29)22-10(3-2-5-21-17(19)20)14(28)24-12(8-26)16(30)31/h9-12,25-26H,2-8,18H2,1H3,(H,22,29)(H,23,27)(H,24,28)(H,30,31)(H4,19,20,21). The monoisotopic (exact) mass is 479 g/mol. The highest BCUT2D eigenvalue weighted by atomic mass is 32.2. The average molecular weight is 480 g/mol. The van der Waals surface area contributed by atoms with Crippen molar-refractivity contribution in [1.29, 1.82) is 0 Å². The molecule has 0 aromatic heterocycles. The zero-order valence-electron chi connectivity index (χ0n) is 17.8. The molecule has 4 unspecified atom stereocenters. The number of hydrogen-bond donors (Lipinski definition) is 9. The minimum Gasteiger partial charge on any atom is -0.480 e. The molecule has 0 saturated carbocycles. The van der Waals surface area contributed by atoms with Crippen molar-refractivity contribution < 1.29 is 34.5 Å². The molecule has 0 saturated heterocycles. The molecular weight excluding hydrogens is 446 g/mol. The van der Waals surface area contributed by atoms with Gasteiger partial charge in [-0.2, -0.15) is 11.8 Å². The van der Waals surface area contributed by atoms with E-state index < -0.39 is 61.1 Å². The lowest BCUT2D eigenvalue weighted by atomic mass is 10.1. The Bertz CT molecular complexity index is 661. The maximum absolute atomic E-state index is 12.5. The Labute approximate surface area is 189 Å². The van der Waals surface area contributed by atoms with Crippen LogP contribution in [0.4, 0.5) is 0 Å². The summed E-state index contributed by atoms with van der Waals surface area (Å²) < 4.78 is 0. The lowest BCUT2D eigenvalue weighted by Crippen LogP contribution is -2.58.